The van der Waals surface area contributed by atoms with Crippen LogP contribution in [0.25, 0.3) is 11.3 Å². The van der Waals surface area contributed by atoms with E-state index in [0.717, 1.165) is 42.1 Å². The predicted octanol–water partition coefficient (Wildman–Crippen LogP) is 3.12. The highest BCUT2D eigenvalue weighted by Gasteiger charge is 2.32. The van der Waals surface area contributed by atoms with Gasteiger partial charge >= 0.3 is 0 Å². The van der Waals surface area contributed by atoms with Crippen molar-refractivity contribution in [1.29, 1.82) is 0 Å². The second-order valence-electron chi connectivity index (χ2n) is 6.71. The molecule has 0 aliphatic carbocycles. The van der Waals surface area contributed by atoms with Crippen LogP contribution < -0.4 is 5.32 Å². The van der Waals surface area contributed by atoms with Gasteiger partial charge in [0.1, 0.15) is 12.4 Å². The van der Waals surface area contributed by atoms with E-state index < -0.39 is 0 Å². The molecule has 4 rings (SSSR count). The second-order valence-corrected chi connectivity index (χ2v) is 6.71. The Morgan fingerprint density at radius 2 is 2.04 bits per heavy atom. The predicted molar refractivity (Wildman–Crippen MR) is 101 cm³/mol. The van der Waals surface area contributed by atoms with Crippen LogP contribution in [0.2, 0.25) is 0 Å². The van der Waals surface area contributed by atoms with Gasteiger partial charge in [-0.1, -0.05) is 36.4 Å². The number of benzene rings is 2. The molecular formula is C21H22N2O3. The second kappa shape index (κ2) is 6.94. The van der Waals surface area contributed by atoms with Gasteiger partial charge in [-0.15, -0.1) is 0 Å². The molecule has 0 saturated carbocycles. The van der Waals surface area contributed by atoms with Gasteiger partial charge in [0.25, 0.3) is 5.91 Å². The monoisotopic (exact) mass is 350 g/mol. The number of amides is 1. The van der Waals surface area contributed by atoms with E-state index in [1.807, 2.05) is 24.3 Å². The van der Waals surface area contributed by atoms with Crippen molar-refractivity contribution in [1.82, 2.24) is 4.90 Å². The highest BCUT2D eigenvalue weighted by molar-refractivity contribution is 6.36. The minimum Gasteiger partial charge on any atom is -0.487 e. The molecule has 0 aromatic heterocycles. The number of nitrogens with zero attached hydrogens (tertiary/aromatic N) is 1. The third kappa shape index (κ3) is 3.00. The Kier molecular flexibility index (Phi) is 4.49. The van der Waals surface area contributed by atoms with Gasteiger partial charge < -0.3 is 14.8 Å². The molecule has 2 aliphatic rings. The topological polar surface area (TPSA) is 50.8 Å². The normalized spacial score (nSPS) is 17.9. The minimum absolute atomic E-state index is 0.0996. The Labute approximate surface area is 153 Å². The van der Waals surface area contributed by atoms with Crippen LogP contribution in [0.15, 0.2) is 42.5 Å². The molecule has 0 fully saturated rings. The third-order valence-corrected chi connectivity index (χ3v) is 4.81. The van der Waals surface area contributed by atoms with Crippen LogP contribution >= 0.6 is 0 Å². The Morgan fingerprint density at radius 3 is 2.88 bits per heavy atom. The number of para-hydroxylation sites is 1. The van der Waals surface area contributed by atoms with Crippen molar-refractivity contribution >= 4 is 22.9 Å². The average molecular weight is 350 g/mol. The SMILES string of the molecule is COCCN(C)Cc1ccc2c(c1)COC2=C1C(=O)Nc2ccccc21. The van der Waals surface area contributed by atoms with Crippen molar-refractivity contribution in [2.45, 2.75) is 13.2 Å². The molecule has 0 spiro atoms. The first kappa shape index (κ1) is 16.8. The van der Waals surface area contributed by atoms with Crippen molar-refractivity contribution in [3.63, 3.8) is 0 Å². The third-order valence-electron chi connectivity index (χ3n) is 4.81. The molecule has 0 saturated heterocycles. The molecule has 2 heterocycles. The quantitative estimate of drug-likeness (QED) is 0.842. The molecule has 5 heteroatoms. The Morgan fingerprint density at radius 1 is 1.19 bits per heavy atom. The van der Waals surface area contributed by atoms with E-state index in [0.29, 0.717) is 17.9 Å². The lowest BCUT2D eigenvalue weighted by atomic mass is 9.99. The van der Waals surface area contributed by atoms with Crippen LogP contribution in [0, 0.1) is 0 Å². The number of ether oxygens (including phenoxy) is 2. The number of hydrogen-bond donors (Lipinski definition) is 1. The van der Waals surface area contributed by atoms with Gasteiger partial charge in [0, 0.05) is 42.6 Å². The number of rotatable bonds is 5. The maximum atomic E-state index is 12.5. The Hall–Kier alpha value is -2.63. The average Bonchev–Trinajstić information content (AvgIpc) is 3.19. The molecule has 2 aromatic carbocycles. The van der Waals surface area contributed by atoms with Gasteiger partial charge in [-0.3, -0.25) is 9.69 Å². The lowest BCUT2D eigenvalue weighted by Crippen LogP contribution is -2.22. The minimum atomic E-state index is -0.0996. The first-order chi connectivity index (χ1) is 12.7. The summed E-state index contributed by atoms with van der Waals surface area (Å²) in [5.41, 5.74) is 5.74. The van der Waals surface area contributed by atoms with Crippen LogP contribution in [-0.4, -0.2) is 38.1 Å². The number of methoxy groups -OCH3 is 1. The number of hydrogen-bond acceptors (Lipinski definition) is 4. The lowest BCUT2D eigenvalue weighted by Gasteiger charge is -2.16. The molecule has 0 unspecified atom stereocenters. The lowest BCUT2D eigenvalue weighted by molar-refractivity contribution is -0.110. The molecule has 0 bridgehead atoms. The molecule has 0 radical (unpaired) electrons. The summed E-state index contributed by atoms with van der Waals surface area (Å²) in [7, 11) is 3.79. The van der Waals surface area contributed by atoms with E-state index in [2.05, 4.69) is 35.5 Å². The number of nitrogens with one attached hydrogen (secondary N) is 1. The Balaban J connectivity index is 1.64. The maximum absolute atomic E-state index is 12.5. The zero-order chi connectivity index (χ0) is 18.1. The molecule has 134 valence electrons. The molecule has 1 N–H and O–H groups in total. The number of fused-ring (bicyclic) bond motifs is 2. The molecule has 2 aliphatic heterocycles. The number of likely N-dealkylation sites (N-methyl/N-ethyl adjacent to an activating group) is 1. The van der Waals surface area contributed by atoms with Crippen LogP contribution in [-0.2, 0) is 27.4 Å². The van der Waals surface area contributed by atoms with Crippen LogP contribution in [0.5, 0.6) is 0 Å². The Bertz CT molecular complexity index is 889. The summed E-state index contributed by atoms with van der Waals surface area (Å²) >= 11 is 0. The van der Waals surface area contributed by atoms with Crippen LogP contribution in [0.1, 0.15) is 22.3 Å². The first-order valence-corrected chi connectivity index (χ1v) is 8.75. The van der Waals surface area contributed by atoms with Crippen molar-refractivity contribution in [2.75, 3.05) is 32.6 Å². The van der Waals surface area contributed by atoms with Gasteiger partial charge in [0.2, 0.25) is 0 Å². The smallest absolute Gasteiger partial charge is 0.260 e. The first-order valence-electron chi connectivity index (χ1n) is 8.75. The van der Waals surface area contributed by atoms with Crippen molar-refractivity contribution < 1.29 is 14.3 Å². The summed E-state index contributed by atoms with van der Waals surface area (Å²) in [5.74, 6) is 0.583. The number of carbonyl (C=O) groups excluding carboxylic acids is 1. The number of carbonyl (C=O) groups is 1. The summed E-state index contributed by atoms with van der Waals surface area (Å²) in [6, 6.07) is 14.1. The van der Waals surface area contributed by atoms with Crippen molar-refractivity contribution in [3.8, 4) is 0 Å². The van der Waals surface area contributed by atoms with Gasteiger partial charge in [-0.05, 0) is 18.7 Å². The fourth-order valence-corrected chi connectivity index (χ4v) is 3.50. The van der Waals surface area contributed by atoms with Crippen LogP contribution in [0.3, 0.4) is 0 Å². The van der Waals surface area contributed by atoms with Crippen molar-refractivity contribution in [3.05, 3.63) is 64.7 Å². The van der Waals surface area contributed by atoms with Crippen LogP contribution in [0.4, 0.5) is 5.69 Å². The molecular weight excluding hydrogens is 328 g/mol. The van der Waals surface area contributed by atoms with E-state index in [-0.39, 0.29) is 5.91 Å². The zero-order valence-electron chi connectivity index (χ0n) is 15.0. The standard InChI is InChI=1S/C21H22N2O3/c1-23(9-10-25-2)12-14-7-8-16-15(11-14)13-26-20(16)19-17-5-3-4-6-18(17)22-21(19)24/h3-8,11H,9-10,12-13H2,1-2H3,(H,22,24). The van der Waals surface area contributed by atoms with Gasteiger partial charge in [0.15, 0.2) is 0 Å². The van der Waals surface area contributed by atoms with Gasteiger partial charge in [-0.2, -0.15) is 0 Å². The van der Waals surface area contributed by atoms with E-state index in [4.69, 9.17) is 9.47 Å². The number of anilines is 1. The van der Waals surface area contributed by atoms with E-state index in [1.54, 1.807) is 7.11 Å². The van der Waals surface area contributed by atoms with E-state index in [9.17, 15) is 4.79 Å². The summed E-state index contributed by atoms with van der Waals surface area (Å²) in [5, 5.41) is 2.92. The molecule has 0 atom stereocenters. The van der Waals surface area contributed by atoms with E-state index in [1.165, 1.54) is 5.56 Å². The molecule has 5 nitrogen and oxygen atoms in total. The molecule has 2 aromatic rings. The summed E-state index contributed by atoms with van der Waals surface area (Å²) in [6.45, 7) is 2.96. The van der Waals surface area contributed by atoms with Gasteiger partial charge in [-0.25, -0.2) is 0 Å². The fourth-order valence-electron chi connectivity index (χ4n) is 3.50. The van der Waals surface area contributed by atoms with Gasteiger partial charge in [0.05, 0.1) is 12.2 Å². The van der Waals surface area contributed by atoms with E-state index >= 15 is 0 Å². The highest BCUT2D eigenvalue weighted by Crippen LogP contribution is 2.41. The largest absolute Gasteiger partial charge is 0.487 e. The molecule has 26 heavy (non-hydrogen) atoms. The fraction of sp³-hybridized carbons (Fsp3) is 0.286. The summed E-state index contributed by atoms with van der Waals surface area (Å²) < 4.78 is 11.1. The summed E-state index contributed by atoms with van der Waals surface area (Å²) in [6.07, 6.45) is 0. The van der Waals surface area contributed by atoms with Crippen molar-refractivity contribution in [2.24, 2.45) is 0 Å². The highest BCUT2D eigenvalue weighted by atomic mass is 16.5. The molecule has 1 amide bonds. The zero-order valence-corrected chi connectivity index (χ0v) is 15.0. The summed E-state index contributed by atoms with van der Waals surface area (Å²) in [4.78, 5) is 14.7. The maximum Gasteiger partial charge on any atom is 0.260 e.